The van der Waals surface area contributed by atoms with Gasteiger partial charge in [0.15, 0.2) is 5.76 Å². The lowest BCUT2D eigenvalue weighted by atomic mass is 10.1. The van der Waals surface area contributed by atoms with E-state index in [0.717, 1.165) is 32.0 Å². The Bertz CT molecular complexity index is 857. The number of furan rings is 1. The SMILES string of the molecule is CC(C(=O)N1CCN(C(=O)c2ccco2)CC1)N1CCN(c2ccc(Cl)cn2)CC1. The van der Waals surface area contributed by atoms with Gasteiger partial charge >= 0.3 is 0 Å². The highest BCUT2D eigenvalue weighted by Crippen LogP contribution is 2.18. The Morgan fingerprint density at radius 1 is 1.00 bits per heavy atom. The number of hydrogen-bond donors (Lipinski definition) is 0. The number of pyridine rings is 1. The van der Waals surface area contributed by atoms with Crippen molar-refractivity contribution in [3.05, 3.63) is 47.5 Å². The number of carbonyl (C=O) groups is 2. The number of aromatic nitrogens is 1. The van der Waals surface area contributed by atoms with Gasteiger partial charge in [-0.15, -0.1) is 0 Å². The van der Waals surface area contributed by atoms with Gasteiger partial charge in [0, 0.05) is 58.6 Å². The number of carbonyl (C=O) groups excluding carboxylic acids is 2. The van der Waals surface area contributed by atoms with E-state index >= 15 is 0 Å². The highest BCUT2D eigenvalue weighted by molar-refractivity contribution is 6.30. The molecule has 0 radical (unpaired) electrons. The smallest absolute Gasteiger partial charge is 0.289 e. The third-order valence-corrected chi connectivity index (χ3v) is 6.09. The summed E-state index contributed by atoms with van der Waals surface area (Å²) in [5, 5.41) is 0.627. The van der Waals surface area contributed by atoms with Crippen molar-refractivity contribution in [3.8, 4) is 0 Å². The van der Waals surface area contributed by atoms with Gasteiger partial charge in [-0.25, -0.2) is 4.98 Å². The minimum Gasteiger partial charge on any atom is -0.459 e. The van der Waals surface area contributed by atoms with E-state index < -0.39 is 0 Å². The van der Waals surface area contributed by atoms with E-state index in [1.165, 1.54) is 6.26 Å². The predicted octanol–water partition coefficient (Wildman–Crippen LogP) is 1.82. The molecule has 30 heavy (non-hydrogen) atoms. The first-order valence-electron chi connectivity index (χ1n) is 10.2. The zero-order chi connectivity index (χ0) is 21.1. The van der Waals surface area contributed by atoms with Gasteiger partial charge in [-0.2, -0.15) is 0 Å². The Balaban J connectivity index is 1.26. The molecule has 2 saturated heterocycles. The molecule has 4 heterocycles. The highest BCUT2D eigenvalue weighted by atomic mass is 35.5. The van der Waals surface area contributed by atoms with Gasteiger partial charge in [0.25, 0.3) is 5.91 Å². The second kappa shape index (κ2) is 9.06. The van der Waals surface area contributed by atoms with Gasteiger partial charge in [-0.3, -0.25) is 14.5 Å². The van der Waals surface area contributed by atoms with Crippen LogP contribution in [0.3, 0.4) is 0 Å². The molecule has 0 saturated carbocycles. The first-order valence-corrected chi connectivity index (χ1v) is 10.6. The van der Waals surface area contributed by atoms with E-state index in [2.05, 4.69) is 14.8 Å². The van der Waals surface area contributed by atoms with Crippen molar-refractivity contribution in [1.82, 2.24) is 19.7 Å². The van der Waals surface area contributed by atoms with Crippen molar-refractivity contribution in [2.24, 2.45) is 0 Å². The molecular formula is C21H26ClN5O3. The number of rotatable bonds is 4. The minimum absolute atomic E-state index is 0.118. The fourth-order valence-corrected chi connectivity index (χ4v) is 4.11. The van der Waals surface area contributed by atoms with Crippen molar-refractivity contribution in [3.63, 3.8) is 0 Å². The molecule has 0 aromatic carbocycles. The van der Waals surface area contributed by atoms with Gasteiger partial charge in [0.05, 0.1) is 17.3 Å². The van der Waals surface area contributed by atoms with Crippen LogP contribution in [0, 0.1) is 0 Å². The van der Waals surface area contributed by atoms with Crippen molar-refractivity contribution >= 4 is 29.2 Å². The maximum atomic E-state index is 13.0. The topological polar surface area (TPSA) is 73.1 Å². The van der Waals surface area contributed by atoms with Gasteiger partial charge in [0.2, 0.25) is 5.91 Å². The summed E-state index contributed by atoms with van der Waals surface area (Å²) in [5.74, 6) is 1.26. The van der Waals surface area contributed by atoms with Gasteiger partial charge < -0.3 is 19.1 Å². The van der Waals surface area contributed by atoms with Crippen LogP contribution in [-0.4, -0.2) is 89.9 Å². The molecule has 2 amide bonds. The largest absolute Gasteiger partial charge is 0.459 e. The van der Waals surface area contributed by atoms with Crippen molar-refractivity contribution in [1.29, 1.82) is 0 Å². The van der Waals surface area contributed by atoms with Gasteiger partial charge in [-0.05, 0) is 31.2 Å². The molecule has 4 rings (SSSR count). The van der Waals surface area contributed by atoms with Crippen LogP contribution in [0.4, 0.5) is 5.82 Å². The molecule has 2 aliphatic rings. The van der Waals surface area contributed by atoms with E-state index in [9.17, 15) is 9.59 Å². The Labute approximate surface area is 181 Å². The predicted molar refractivity (Wildman–Crippen MR) is 114 cm³/mol. The summed E-state index contributed by atoms with van der Waals surface area (Å²) in [6.07, 6.45) is 3.16. The molecule has 0 bridgehead atoms. The van der Waals surface area contributed by atoms with Gasteiger partial charge in [-0.1, -0.05) is 11.6 Å². The summed E-state index contributed by atoms with van der Waals surface area (Å²) in [6.45, 7) is 7.34. The number of anilines is 1. The molecule has 2 aromatic rings. The molecule has 8 nitrogen and oxygen atoms in total. The lowest BCUT2D eigenvalue weighted by Crippen LogP contribution is -2.58. The summed E-state index contributed by atoms with van der Waals surface area (Å²) >= 11 is 5.92. The fraction of sp³-hybridized carbons (Fsp3) is 0.476. The zero-order valence-corrected chi connectivity index (χ0v) is 17.8. The Kier molecular flexibility index (Phi) is 6.24. The molecular weight excluding hydrogens is 406 g/mol. The van der Waals surface area contributed by atoms with E-state index in [1.807, 2.05) is 24.0 Å². The average molecular weight is 432 g/mol. The zero-order valence-electron chi connectivity index (χ0n) is 17.0. The molecule has 0 aliphatic carbocycles. The molecule has 2 fully saturated rings. The third kappa shape index (κ3) is 4.44. The molecule has 1 atom stereocenters. The Morgan fingerprint density at radius 3 is 2.30 bits per heavy atom. The normalized spacial score (nSPS) is 19.1. The summed E-state index contributed by atoms with van der Waals surface area (Å²) < 4.78 is 5.19. The van der Waals surface area contributed by atoms with Gasteiger partial charge in [0.1, 0.15) is 5.82 Å². The second-order valence-electron chi connectivity index (χ2n) is 7.63. The van der Waals surface area contributed by atoms with E-state index in [1.54, 1.807) is 23.2 Å². The molecule has 160 valence electrons. The molecule has 2 aliphatic heterocycles. The maximum Gasteiger partial charge on any atom is 0.289 e. The Hall–Kier alpha value is -2.58. The number of nitrogens with zero attached hydrogens (tertiary/aromatic N) is 5. The number of hydrogen-bond acceptors (Lipinski definition) is 6. The molecule has 9 heteroatoms. The van der Waals surface area contributed by atoms with E-state index in [0.29, 0.717) is 37.0 Å². The first-order chi connectivity index (χ1) is 14.5. The second-order valence-corrected chi connectivity index (χ2v) is 8.06. The number of amides is 2. The van der Waals surface area contributed by atoms with Crippen LogP contribution in [0.15, 0.2) is 41.1 Å². The van der Waals surface area contributed by atoms with E-state index in [4.69, 9.17) is 16.0 Å². The summed E-state index contributed by atoms with van der Waals surface area (Å²) in [4.78, 5) is 37.8. The number of piperazine rings is 2. The lowest BCUT2D eigenvalue weighted by Gasteiger charge is -2.41. The quantitative estimate of drug-likeness (QED) is 0.735. The fourth-order valence-electron chi connectivity index (χ4n) is 4.00. The standard InChI is InChI=1S/C21H26ClN5O3/c1-16(24-6-8-25(9-7-24)19-5-4-17(22)15-23-19)20(28)26-10-12-27(13-11-26)21(29)18-3-2-14-30-18/h2-5,14-16H,6-13H2,1H3. The van der Waals surface area contributed by atoms with E-state index in [-0.39, 0.29) is 17.9 Å². The average Bonchev–Trinajstić information content (AvgIpc) is 3.33. The van der Waals surface area contributed by atoms with Crippen LogP contribution >= 0.6 is 11.6 Å². The van der Waals surface area contributed by atoms with Crippen LogP contribution in [0.2, 0.25) is 5.02 Å². The summed E-state index contributed by atoms with van der Waals surface area (Å²) in [7, 11) is 0. The lowest BCUT2D eigenvalue weighted by molar-refractivity contribution is -0.138. The van der Waals surface area contributed by atoms with Crippen LogP contribution in [-0.2, 0) is 4.79 Å². The van der Waals surface area contributed by atoms with Crippen molar-refractivity contribution in [2.45, 2.75) is 13.0 Å². The molecule has 2 aromatic heterocycles. The molecule has 0 spiro atoms. The minimum atomic E-state index is -0.183. The van der Waals surface area contributed by atoms with Crippen LogP contribution in [0.25, 0.3) is 0 Å². The summed E-state index contributed by atoms with van der Waals surface area (Å²) in [5.41, 5.74) is 0. The third-order valence-electron chi connectivity index (χ3n) is 5.87. The summed E-state index contributed by atoms with van der Waals surface area (Å²) in [6, 6.07) is 6.96. The van der Waals surface area contributed by atoms with Crippen molar-refractivity contribution < 1.29 is 14.0 Å². The Morgan fingerprint density at radius 2 is 1.70 bits per heavy atom. The highest BCUT2D eigenvalue weighted by Gasteiger charge is 2.32. The number of halogens is 1. The van der Waals surface area contributed by atoms with Crippen LogP contribution in [0.5, 0.6) is 0 Å². The van der Waals surface area contributed by atoms with Crippen molar-refractivity contribution in [2.75, 3.05) is 57.3 Å². The van der Waals surface area contributed by atoms with Crippen LogP contribution in [0.1, 0.15) is 17.5 Å². The van der Waals surface area contributed by atoms with Crippen LogP contribution < -0.4 is 4.90 Å². The molecule has 0 N–H and O–H groups in total. The first kappa shape index (κ1) is 20.7. The monoisotopic (exact) mass is 431 g/mol. The maximum absolute atomic E-state index is 13.0. The molecule has 1 unspecified atom stereocenters.